The molecule has 2 saturated heterocycles. The number of carbonyl (C=O) groups excluding carboxylic acids is 1. The molecule has 1 aliphatic carbocycles. The Balaban J connectivity index is 1.30. The lowest BCUT2D eigenvalue weighted by Crippen LogP contribution is -2.68. The minimum Gasteiger partial charge on any atom is -0.472 e. The Bertz CT molecular complexity index is 1480. The van der Waals surface area contributed by atoms with Gasteiger partial charge in [0, 0.05) is 50.0 Å². The van der Waals surface area contributed by atoms with Crippen molar-refractivity contribution >= 4 is 21.6 Å². The van der Waals surface area contributed by atoms with E-state index >= 15 is 0 Å². The van der Waals surface area contributed by atoms with Crippen molar-refractivity contribution in [1.82, 2.24) is 24.8 Å². The van der Waals surface area contributed by atoms with Crippen molar-refractivity contribution in [3.05, 3.63) is 53.5 Å². The van der Waals surface area contributed by atoms with Gasteiger partial charge >= 0.3 is 0 Å². The number of ether oxygens (including phenoxy) is 2. The van der Waals surface area contributed by atoms with E-state index in [0.29, 0.717) is 44.7 Å². The molecule has 3 fully saturated rings. The predicted molar refractivity (Wildman–Crippen MR) is 169 cm³/mol. The van der Waals surface area contributed by atoms with E-state index in [4.69, 9.17) is 9.47 Å². The minimum absolute atomic E-state index is 0.0750. The van der Waals surface area contributed by atoms with Crippen LogP contribution >= 0.6 is 0 Å². The van der Waals surface area contributed by atoms with Crippen LogP contribution in [0.4, 0.5) is 10.1 Å². The Labute approximate surface area is 265 Å². The molecule has 45 heavy (non-hydrogen) atoms. The smallest absolute Gasteiger partial charge is 0.243 e. The van der Waals surface area contributed by atoms with E-state index in [1.54, 1.807) is 30.2 Å². The first-order valence-electron chi connectivity index (χ1n) is 15.9. The van der Waals surface area contributed by atoms with Crippen LogP contribution in [0, 0.1) is 5.82 Å². The summed E-state index contributed by atoms with van der Waals surface area (Å²) in [6.45, 7) is 11.7. The standard InChI is InChI=1S/C32H45FN6O5S/c1-21-15-37(27(14-34-21)16-38-22(2)18-43-19-23(38)3)17-30(40)39-29-12-25(11-24-5-7-26(33)8-6-24)13-35-31(29)44-20-32(39,4)36-45(41,42)28-9-10-28/h5-8,12-13,21-23,27-28,34,36H,9-11,14-20H2,1-4H3/t21-,22-,23-,27-,32-/m1/s1. The van der Waals surface area contributed by atoms with Gasteiger partial charge in [-0.05, 0) is 76.3 Å². The molecule has 1 aromatic carbocycles. The van der Waals surface area contributed by atoms with Crippen LogP contribution in [0.25, 0.3) is 0 Å². The van der Waals surface area contributed by atoms with Crippen LogP contribution in [-0.4, -0.2) is 110 Å². The van der Waals surface area contributed by atoms with Crippen LogP contribution < -0.4 is 19.7 Å². The Morgan fingerprint density at radius 1 is 1.13 bits per heavy atom. The maximum absolute atomic E-state index is 14.6. The van der Waals surface area contributed by atoms with Gasteiger partial charge in [-0.2, -0.15) is 4.72 Å². The molecule has 0 bridgehead atoms. The highest BCUT2D eigenvalue weighted by atomic mass is 32.2. The lowest BCUT2D eigenvalue weighted by Gasteiger charge is -2.48. The van der Waals surface area contributed by atoms with Crippen LogP contribution in [0.2, 0.25) is 0 Å². The molecule has 0 unspecified atom stereocenters. The van der Waals surface area contributed by atoms with E-state index < -0.39 is 20.9 Å². The van der Waals surface area contributed by atoms with Gasteiger partial charge in [-0.25, -0.2) is 17.8 Å². The molecule has 1 amide bonds. The molecule has 2 aromatic rings. The topological polar surface area (TPSA) is 116 Å². The zero-order valence-corrected chi connectivity index (χ0v) is 27.4. The third-order valence-corrected chi connectivity index (χ3v) is 11.4. The average Bonchev–Trinajstić information content (AvgIpc) is 3.84. The van der Waals surface area contributed by atoms with E-state index in [-0.39, 0.29) is 54.9 Å². The van der Waals surface area contributed by atoms with Gasteiger partial charge in [0.05, 0.1) is 25.0 Å². The Morgan fingerprint density at radius 3 is 2.53 bits per heavy atom. The molecule has 2 N–H and O–H groups in total. The highest BCUT2D eigenvalue weighted by Gasteiger charge is 2.49. The van der Waals surface area contributed by atoms with Crippen molar-refractivity contribution in [2.24, 2.45) is 0 Å². The molecule has 13 heteroatoms. The summed E-state index contributed by atoms with van der Waals surface area (Å²) in [6, 6.07) is 8.88. The van der Waals surface area contributed by atoms with Crippen LogP contribution in [0.3, 0.4) is 0 Å². The van der Waals surface area contributed by atoms with Gasteiger partial charge in [0.15, 0.2) is 0 Å². The number of pyridine rings is 1. The minimum atomic E-state index is -3.68. The fourth-order valence-electron chi connectivity index (χ4n) is 6.77. The molecule has 3 aliphatic heterocycles. The maximum Gasteiger partial charge on any atom is 0.243 e. The third-order valence-electron chi connectivity index (χ3n) is 9.35. The zero-order chi connectivity index (χ0) is 31.9. The number of piperazine rings is 1. The fourth-order valence-corrected chi connectivity index (χ4v) is 8.46. The van der Waals surface area contributed by atoms with Gasteiger partial charge in [-0.1, -0.05) is 12.1 Å². The molecule has 4 aliphatic rings. The van der Waals surface area contributed by atoms with E-state index in [2.05, 4.69) is 45.6 Å². The number of carbonyl (C=O) groups is 1. The van der Waals surface area contributed by atoms with Crippen molar-refractivity contribution in [1.29, 1.82) is 0 Å². The normalized spacial score (nSPS) is 29.7. The van der Waals surface area contributed by atoms with Gasteiger partial charge in [0.1, 0.15) is 23.8 Å². The van der Waals surface area contributed by atoms with Crippen LogP contribution in [0.1, 0.15) is 51.7 Å². The molecular formula is C32H45FN6O5S. The number of fused-ring (bicyclic) bond motifs is 1. The number of nitrogens with zero attached hydrogens (tertiary/aromatic N) is 4. The fraction of sp³-hybridized carbons (Fsp3) is 0.625. The molecular weight excluding hydrogens is 599 g/mol. The number of benzene rings is 1. The monoisotopic (exact) mass is 644 g/mol. The summed E-state index contributed by atoms with van der Waals surface area (Å²) < 4.78 is 54.7. The molecule has 0 spiro atoms. The van der Waals surface area contributed by atoms with Gasteiger partial charge in [0.2, 0.25) is 21.8 Å². The molecule has 1 aromatic heterocycles. The number of hydrogen-bond donors (Lipinski definition) is 2. The van der Waals surface area contributed by atoms with Crippen molar-refractivity contribution in [2.45, 2.75) is 82.0 Å². The first kappa shape index (κ1) is 32.3. The SMILES string of the molecule is C[C@@H]1CN(CC(=O)N2c3cc(Cc4ccc(F)cc4)cnc3OC[C@]2(C)NS(=O)(=O)C2CC2)[C@@H](CN2[C@H](C)COC[C@H]2C)CN1. The summed E-state index contributed by atoms with van der Waals surface area (Å²) in [5, 5.41) is 3.11. The highest BCUT2D eigenvalue weighted by molar-refractivity contribution is 7.90. The summed E-state index contributed by atoms with van der Waals surface area (Å²) in [4.78, 5) is 25.3. The van der Waals surface area contributed by atoms with Crippen LogP contribution in [0.15, 0.2) is 36.5 Å². The second kappa shape index (κ2) is 12.8. The Morgan fingerprint density at radius 2 is 1.84 bits per heavy atom. The number of halogens is 1. The van der Waals surface area contributed by atoms with Crippen LogP contribution in [0.5, 0.6) is 5.88 Å². The Hall–Kier alpha value is -2.68. The maximum atomic E-state index is 14.6. The van der Waals surface area contributed by atoms with E-state index in [1.807, 2.05) is 6.07 Å². The predicted octanol–water partition coefficient (Wildman–Crippen LogP) is 2.11. The first-order chi connectivity index (χ1) is 21.4. The van der Waals surface area contributed by atoms with E-state index in [1.165, 1.54) is 12.1 Å². The number of aromatic nitrogens is 1. The number of sulfonamides is 1. The largest absolute Gasteiger partial charge is 0.472 e. The van der Waals surface area contributed by atoms with Gasteiger partial charge in [-0.15, -0.1) is 0 Å². The summed E-state index contributed by atoms with van der Waals surface area (Å²) in [6.07, 6.45) is 3.33. The number of amides is 1. The molecule has 0 radical (unpaired) electrons. The second-order valence-electron chi connectivity index (χ2n) is 13.4. The molecule has 4 heterocycles. The highest BCUT2D eigenvalue weighted by Crippen LogP contribution is 2.39. The van der Waals surface area contributed by atoms with Crippen LogP contribution in [-0.2, 0) is 26.0 Å². The number of nitrogens with one attached hydrogen (secondary N) is 2. The van der Waals surface area contributed by atoms with Crippen molar-refractivity contribution in [3.8, 4) is 5.88 Å². The Kier molecular flexibility index (Phi) is 9.21. The number of morpholine rings is 1. The zero-order valence-electron chi connectivity index (χ0n) is 26.5. The van der Waals surface area contributed by atoms with Crippen molar-refractivity contribution in [2.75, 3.05) is 50.9 Å². The van der Waals surface area contributed by atoms with Gasteiger partial charge in [-0.3, -0.25) is 19.5 Å². The lowest BCUT2D eigenvalue weighted by molar-refractivity contribution is -0.123. The molecule has 11 nitrogen and oxygen atoms in total. The van der Waals surface area contributed by atoms with E-state index in [0.717, 1.165) is 24.2 Å². The third kappa shape index (κ3) is 7.18. The average molecular weight is 645 g/mol. The number of anilines is 1. The van der Waals surface area contributed by atoms with Gasteiger partial charge in [0.25, 0.3) is 0 Å². The summed E-state index contributed by atoms with van der Waals surface area (Å²) in [5.41, 5.74) is 0.737. The summed E-state index contributed by atoms with van der Waals surface area (Å²) >= 11 is 0. The lowest BCUT2D eigenvalue weighted by atomic mass is 10.0. The van der Waals surface area contributed by atoms with Gasteiger partial charge < -0.3 is 14.8 Å². The second-order valence-corrected chi connectivity index (χ2v) is 15.4. The van der Waals surface area contributed by atoms with Crippen molar-refractivity contribution in [3.63, 3.8) is 0 Å². The van der Waals surface area contributed by atoms with E-state index in [9.17, 15) is 17.6 Å². The molecule has 6 rings (SSSR count). The number of rotatable bonds is 9. The molecule has 246 valence electrons. The summed E-state index contributed by atoms with van der Waals surface area (Å²) in [7, 11) is -3.68. The quantitative estimate of drug-likeness (QED) is 0.424. The first-order valence-corrected chi connectivity index (χ1v) is 17.5. The van der Waals surface area contributed by atoms with Crippen molar-refractivity contribution < 1.29 is 27.1 Å². The molecule has 1 saturated carbocycles. The number of hydrogen-bond acceptors (Lipinski definition) is 9. The molecule has 5 atom stereocenters. The summed E-state index contributed by atoms with van der Waals surface area (Å²) in [5.74, 6) is -0.275.